The van der Waals surface area contributed by atoms with E-state index in [-0.39, 0.29) is 12.5 Å². The first-order valence-corrected chi connectivity index (χ1v) is 12.2. The van der Waals surface area contributed by atoms with Crippen LogP contribution in [0.2, 0.25) is 0 Å². The van der Waals surface area contributed by atoms with Gasteiger partial charge in [-0.2, -0.15) is 0 Å². The van der Waals surface area contributed by atoms with E-state index in [2.05, 4.69) is 17.0 Å². The van der Waals surface area contributed by atoms with Gasteiger partial charge in [-0.1, -0.05) is 30.3 Å². The molecule has 0 spiro atoms. The van der Waals surface area contributed by atoms with Gasteiger partial charge in [-0.05, 0) is 60.1 Å². The molecule has 0 saturated carbocycles. The molecule has 0 radical (unpaired) electrons. The summed E-state index contributed by atoms with van der Waals surface area (Å²) >= 11 is 0. The number of alkyl halides is 2. The first-order valence-electron chi connectivity index (χ1n) is 12.2. The van der Waals surface area contributed by atoms with E-state index < -0.39 is 18.3 Å². The summed E-state index contributed by atoms with van der Waals surface area (Å²) in [5.41, 5.74) is 10.4. The Labute approximate surface area is 200 Å². The van der Waals surface area contributed by atoms with Crippen LogP contribution in [-0.4, -0.2) is 56.2 Å². The van der Waals surface area contributed by atoms with E-state index >= 15 is 0 Å². The van der Waals surface area contributed by atoms with Gasteiger partial charge < -0.3 is 15.2 Å². The summed E-state index contributed by atoms with van der Waals surface area (Å²) in [4.78, 5) is 14.6. The van der Waals surface area contributed by atoms with Gasteiger partial charge in [0.15, 0.2) is 0 Å². The number of halogens is 2. The lowest BCUT2D eigenvalue weighted by Gasteiger charge is -2.32. The molecule has 34 heavy (non-hydrogen) atoms. The number of carbonyl (C=O) groups excluding carboxylic acids is 1. The largest absolute Gasteiger partial charge is 0.379 e. The molecule has 0 bridgehead atoms. The van der Waals surface area contributed by atoms with Crippen LogP contribution in [0.3, 0.4) is 0 Å². The lowest BCUT2D eigenvalue weighted by Crippen LogP contribution is -2.35. The molecule has 7 heteroatoms. The molecule has 2 heterocycles. The van der Waals surface area contributed by atoms with Crippen molar-refractivity contribution in [3.8, 4) is 11.1 Å². The Balaban J connectivity index is 1.66. The predicted octanol–water partition coefficient (Wildman–Crippen LogP) is 4.90. The van der Waals surface area contributed by atoms with Crippen LogP contribution in [0.5, 0.6) is 0 Å². The molecule has 2 aliphatic heterocycles. The predicted molar refractivity (Wildman–Crippen MR) is 128 cm³/mol. The van der Waals surface area contributed by atoms with E-state index in [1.54, 1.807) is 13.0 Å². The standard InChI is InChI=1S/C27H34F2N2O3/c1-18-22(24(16-26(28)29)25-4-2-3-11-34-25)14-21(15-23(18)27(30)32)20-7-5-19(6-8-20)17-31-9-12-33-13-10-31/h5-8,14-15,24-26H,2-4,9-13,16-17H2,1H3,(H2,30,32). The van der Waals surface area contributed by atoms with Crippen molar-refractivity contribution in [1.29, 1.82) is 0 Å². The number of hydrogen-bond donors (Lipinski definition) is 1. The van der Waals surface area contributed by atoms with Crippen molar-refractivity contribution in [3.63, 3.8) is 0 Å². The normalized spacial score (nSPS) is 20.4. The summed E-state index contributed by atoms with van der Waals surface area (Å²) in [6.07, 6.45) is -0.408. The minimum atomic E-state index is -2.46. The van der Waals surface area contributed by atoms with Crippen molar-refractivity contribution in [3.05, 3.63) is 58.7 Å². The SMILES string of the molecule is Cc1c(C(N)=O)cc(-c2ccc(CN3CCOCC3)cc2)cc1C(CC(F)F)C1CCCCO1. The molecule has 2 N–H and O–H groups in total. The molecular formula is C27H34F2N2O3. The number of amides is 1. The highest BCUT2D eigenvalue weighted by Gasteiger charge is 2.31. The van der Waals surface area contributed by atoms with Crippen molar-refractivity contribution in [1.82, 2.24) is 4.90 Å². The molecule has 2 unspecified atom stereocenters. The van der Waals surface area contributed by atoms with E-state index in [4.69, 9.17) is 15.2 Å². The third-order valence-corrected chi connectivity index (χ3v) is 7.01. The number of carbonyl (C=O) groups is 1. The maximum atomic E-state index is 13.6. The quantitative estimate of drug-likeness (QED) is 0.594. The van der Waals surface area contributed by atoms with Crippen LogP contribution in [0.4, 0.5) is 8.78 Å². The van der Waals surface area contributed by atoms with Crippen LogP contribution in [-0.2, 0) is 16.0 Å². The average Bonchev–Trinajstić information content (AvgIpc) is 2.84. The lowest BCUT2D eigenvalue weighted by atomic mass is 9.81. The fourth-order valence-electron chi connectivity index (χ4n) is 5.12. The fourth-order valence-corrected chi connectivity index (χ4v) is 5.12. The number of morpholine rings is 1. The van der Waals surface area contributed by atoms with Crippen LogP contribution in [0.25, 0.3) is 11.1 Å². The van der Waals surface area contributed by atoms with E-state index in [0.717, 1.165) is 68.8 Å². The third-order valence-electron chi connectivity index (χ3n) is 7.01. The minimum Gasteiger partial charge on any atom is -0.379 e. The molecule has 184 valence electrons. The molecule has 4 rings (SSSR count). The Hall–Kier alpha value is -2.35. The number of hydrogen-bond acceptors (Lipinski definition) is 4. The van der Waals surface area contributed by atoms with E-state index in [1.807, 2.05) is 18.2 Å². The first-order chi connectivity index (χ1) is 16.4. The molecule has 5 nitrogen and oxygen atoms in total. The molecule has 0 aromatic heterocycles. The molecular weight excluding hydrogens is 438 g/mol. The van der Waals surface area contributed by atoms with Gasteiger partial charge in [0.1, 0.15) is 0 Å². The minimum absolute atomic E-state index is 0.284. The maximum Gasteiger partial charge on any atom is 0.248 e. The number of nitrogens with zero attached hydrogens (tertiary/aromatic N) is 1. The Kier molecular flexibility index (Phi) is 8.29. The van der Waals surface area contributed by atoms with Gasteiger partial charge in [0.2, 0.25) is 12.3 Å². The highest BCUT2D eigenvalue weighted by Crippen LogP contribution is 2.38. The van der Waals surface area contributed by atoms with Gasteiger partial charge in [-0.3, -0.25) is 9.69 Å². The second kappa shape index (κ2) is 11.4. The Bertz CT molecular complexity index is 969. The second-order valence-electron chi connectivity index (χ2n) is 9.33. The summed E-state index contributed by atoms with van der Waals surface area (Å²) in [7, 11) is 0. The number of rotatable bonds is 8. The number of nitrogens with two attached hydrogens (primary N) is 1. The molecule has 2 aromatic rings. The van der Waals surface area contributed by atoms with Crippen molar-refractivity contribution < 1.29 is 23.0 Å². The summed E-state index contributed by atoms with van der Waals surface area (Å²) in [6, 6.07) is 11.9. The van der Waals surface area contributed by atoms with Crippen molar-refractivity contribution in [2.45, 2.75) is 57.6 Å². The smallest absolute Gasteiger partial charge is 0.248 e. The van der Waals surface area contributed by atoms with Crippen LogP contribution < -0.4 is 5.73 Å². The third kappa shape index (κ3) is 6.01. The molecule has 1 amide bonds. The zero-order valence-corrected chi connectivity index (χ0v) is 19.8. The van der Waals surface area contributed by atoms with Crippen molar-refractivity contribution >= 4 is 5.91 Å². The van der Waals surface area contributed by atoms with E-state index in [9.17, 15) is 13.6 Å². The Morgan fingerprint density at radius 3 is 2.44 bits per heavy atom. The highest BCUT2D eigenvalue weighted by molar-refractivity contribution is 5.96. The number of benzene rings is 2. The molecule has 2 saturated heterocycles. The Morgan fingerprint density at radius 1 is 1.09 bits per heavy atom. The molecule has 0 aliphatic carbocycles. The van der Waals surface area contributed by atoms with E-state index in [0.29, 0.717) is 17.7 Å². The summed E-state index contributed by atoms with van der Waals surface area (Å²) in [5.74, 6) is -1.04. The molecule has 2 aliphatic rings. The van der Waals surface area contributed by atoms with Gasteiger partial charge >= 0.3 is 0 Å². The van der Waals surface area contributed by atoms with Crippen molar-refractivity contribution in [2.24, 2.45) is 5.73 Å². The first kappa shape index (κ1) is 24.8. The monoisotopic (exact) mass is 472 g/mol. The van der Waals surface area contributed by atoms with Gasteiger partial charge in [-0.25, -0.2) is 8.78 Å². The fraction of sp³-hybridized carbons (Fsp3) is 0.519. The van der Waals surface area contributed by atoms with Gasteiger partial charge in [-0.15, -0.1) is 0 Å². The number of ether oxygens (including phenoxy) is 2. The topological polar surface area (TPSA) is 64.8 Å². The summed E-state index contributed by atoms with van der Waals surface area (Å²) in [6.45, 7) is 6.57. The van der Waals surface area contributed by atoms with Gasteiger partial charge in [0, 0.05) is 44.1 Å². The zero-order valence-electron chi connectivity index (χ0n) is 19.8. The zero-order chi connectivity index (χ0) is 24.1. The summed E-state index contributed by atoms with van der Waals surface area (Å²) in [5, 5.41) is 0. The molecule has 2 fully saturated rings. The second-order valence-corrected chi connectivity index (χ2v) is 9.33. The van der Waals surface area contributed by atoms with Crippen LogP contribution in [0, 0.1) is 6.92 Å². The number of primary amides is 1. The summed E-state index contributed by atoms with van der Waals surface area (Å²) < 4.78 is 38.6. The average molecular weight is 473 g/mol. The van der Waals surface area contributed by atoms with E-state index in [1.165, 1.54) is 5.56 Å². The lowest BCUT2D eigenvalue weighted by molar-refractivity contribution is -0.0155. The Morgan fingerprint density at radius 2 is 1.82 bits per heavy atom. The highest BCUT2D eigenvalue weighted by atomic mass is 19.3. The van der Waals surface area contributed by atoms with Gasteiger partial charge in [0.25, 0.3) is 0 Å². The molecule has 2 aromatic carbocycles. The van der Waals surface area contributed by atoms with Crippen molar-refractivity contribution in [2.75, 3.05) is 32.9 Å². The van der Waals surface area contributed by atoms with Gasteiger partial charge in [0.05, 0.1) is 19.3 Å². The van der Waals surface area contributed by atoms with Crippen LogP contribution in [0.15, 0.2) is 36.4 Å². The van der Waals surface area contributed by atoms with Crippen LogP contribution in [0.1, 0.15) is 58.6 Å². The molecule has 2 atom stereocenters. The maximum absolute atomic E-state index is 13.6. The van der Waals surface area contributed by atoms with Crippen LogP contribution >= 0.6 is 0 Å².